The smallest absolute Gasteiger partial charge is 0.164 e. The molecule has 8 heterocycles. The third kappa shape index (κ3) is 9.41. The lowest BCUT2D eigenvalue weighted by Crippen LogP contribution is -2.28. The summed E-state index contributed by atoms with van der Waals surface area (Å²) >= 11 is 0. The first kappa shape index (κ1) is 52.7. The Hall–Kier alpha value is -7.38. The van der Waals surface area contributed by atoms with Gasteiger partial charge in [-0.05, 0) is 127 Å². The predicted octanol–water partition coefficient (Wildman–Crippen LogP) is 11.6. The molecule has 0 aliphatic carbocycles. The molecule has 6 aromatic heterocycles. The van der Waals surface area contributed by atoms with Crippen molar-refractivity contribution in [2.24, 2.45) is 25.9 Å². The Morgan fingerprint density at radius 1 is 0.538 bits per heavy atom. The monoisotopic (exact) mass is 1060 g/mol. The van der Waals surface area contributed by atoms with Gasteiger partial charge in [0.2, 0.25) is 0 Å². The molecular weight excluding hydrogens is 1000 g/mol. The average molecular weight is 1060 g/mol. The van der Waals surface area contributed by atoms with Crippen LogP contribution in [0.15, 0.2) is 97.3 Å². The van der Waals surface area contributed by atoms with Gasteiger partial charge in [-0.1, -0.05) is 59.0 Å². The van der Waals surface area contributed by atoms with Gasteiger partial charge < -0.3 is 28.8 Å². The van der Waals surface area contributed by atoms with Gasteiger partial charge in [-0.3, -0.25) is 9.97 Å². The number of aliphatic hydroxyl groups is 2. The molecule has 18 heteroatoms. The molecular formula is C60H62F4N10O4. The largest absolute Gasteiger partial charge is 0.386 e. The van der Waals surface area contributed by atoms with E-state index in [-0.39, 0.29) is 23.0 Å². The van der Waals surface area contributed by atoms with Crippen LogP contribution in [0.3, 0.4) is 0 Å². The molecule has 0 saturated carbocycles. The molecule has 0 bridgehead atoms. The number of nitrogens with zero attached hydrogens (tertiary/aromatic N) is 10. The van der Waals surface area contributed by atoms with Crippen LogP contribution in [0.5, 0.6) is 0 Å². The summed E-state index contributed by atoms with van der Waals surface area (Å²) in [6.45, 7) is 12.9. The van der Waals surface area contributed by atoms with E-state index >= 15 is 8.78 Å². The van der Waals surface area contributed by atoms with E-state index in [1.165, 1.54) is 0 Å². The van der Waals surface area contributed by atoms with Gasteiger partial charge in [0, 0.05) is 85.9 Å². The van der Waals surface area contributed by atoms with Gasteiger partial charge >= 0.3 is 0 Å². The maximum Gasteiger partial charge on any atom is 0.164 e. The highest BCUT2D eigenvalue weighted by Gasteiger charge is 2.36. The molecule has 2 saturated heterocycles. The molecule has 0 amide bonds. The van der Waals surface area contributed by atoms with Crippen LogP contribution in [-0.4, -0.2) is 85.7 Å². The highest BCUT2D eigenvalue weighted by molar-refractivity contribution is 6.08. The van der Waals surface area contributed by atoms with Crippen LogP contribution in [0.2, 0.25) is 0 Å². The van der Waals surface area contributed by atoms with Crippen molar-refractivity contribution < 1.29 is 37.2 Å². The lowest BCUT2D eigenvalue weighted by molar-refractivity contribution is 0.0546. The van der Waals surface area contributed by atoms with Gasteiger partial charge in [-0.2, -0.15) is 0 Å². The van der Waals surface area contributed by atoms with Crippen LogP contribution in [0, 0.1) is 49.0 Å². The molecule has 10 aromatic rings. The van der Waals surface area contributed by atoms with Crippen molar-refractivity contribution in [1.82, 2.24) is 49.1 Å². The number of pyridine rings is 2. The summed E-state index contributed by atoms with van der Waals surface area (Å²) < 4.78 is 79.4. The van der Waals surface area contributed by atoms with E-state index in [9.17, 15) is 19.0 Å². The van der Waals surface area contributed by atoms with Crippen LogP contribution in [0.4, 0.5) is 17.6 Å². The van der Waals surface area contributed by atoms with Crippen LogP contribution < -0.4 is 0 Å². The van der Waals surface area contributed by atoms with Crippen LogP contribution in [0.25, 0.3) is 66.4 Å². The van der Waals surface area contributed by atoms with Gasteiger partial charge in [0.1, 0.15) is 0 Å². The molecule has 12 rings (SSSR count). The Balaban J connectivity index is 0.000000165. The minimum absolute atomic E-state index is 0.0107. The summed E-state index contributed by atoms with van der Waals surface area (Å²) in [6.07, 6.45) is 6.40. The zero-order chi connectivity index (χ0) is 54.9. The van der Waals surface area contributed by atoms with Crippen molar-refractivity contribution in [2.75, 3.05) is 26.4 Å². The lowest BCUT2D eigenvalue weighted by Gasteiger charge is -2.33. The third-order valence-corrected chi connectivity index (χ3v) is 15.8. The zero-order valence-electron chi connectivity index (χ0n) is 44.9. The predicted molar refractivity (Wildman–Crippen MR) is 291 cm³/mol. The summed E-state index contributed by atoms with van der Waals surface area (Å²) in [5, 5.41) is 40.2. The molecule has 0 spiro atoms. The Bertz CT molecular complexity index is 3600. The highest BCUT2D eigenvalue weighted by Crippen LogP contribution is 2.45. The summed E-state index contributed by atoms with van der Waals surface area (Å²) in [4.78, 5) is 9.75. The minimum Gasteiger partial charge on any atom is -0.386 e. The second-order valence-electron chi connectivity index (χ2n) is 21.9. The molecule has 2 N–H and O–H groups in total. The number of benzene rings is 4. The standard InChI is InChI=1S/2C30H31F2N5O2/c2*1-17-28(36(4)35-34-17)19-14-25-27(33-16-19)21-9-8-20(30(2,3)38)15-24(21)37(25)29(18-10-12-39-13-11-18)22-6-5-7-23(31)26(22)32/h2*5-9,14-16,18,29,38H,10-13H2,1-4H3. The van der Waals surface area contributed by atoms with E-state index in [0.29, 0.717) is 52.1 Å². The summed E-state index contributed by atoms with van der Waals surface area (Å²) in [5.41, 5.74) is 9.35. The second kappa shape index (κ2) is 20.4. The fraction of sp³-hybridized carbons (Fsp3) is 0.367. The van der Waals surface area contributed by atoms with Gasteiger partial charge in [-0.25, -0.2) is 26.9 Å². The van der Waals surface area contributed by atoms with E-state index in [1.807, 2.05) is 76.5 Å². The molecule has 2 aliphatic heterocycles. The summed E-state index contributed by atoms with van der Waals surface area (Å²) in [5.74, 6) is -3.47. The molecule has 404 valence electrons. The number of hydrogen-bond donors (Lipinski definition) is 2. The van der Waals surface area contributed by atoms with E-state index in [1.54, 1.807) is 73.7 Å². The van der Waals surface area contributed by atoms with Gasteiger partial charge in [0.25, 0.3) is 0 Å². The first-order chi connectivity index (χ1) is 37.3. The number of aryl methyl sites for hydroxylation is 4. The van der Waals surface area contributed by atoms with Crippen molar-refractivity contribution in [1.29, 1.82) is 0 Å². The quantitative estimate of drug-likeness (QED) is 0.126. The Morgan fingerprint density at radius 2 is 0.923 bits per heavy atom. The number of aromatic nitrogens is 10. The van der Waals surface area contributed by atoms with Crippen molar-refractivity contribution in [3.05, 3.63) is 154 Å². The van der Waals surface area contributed by atoms with Crippen LogP contribution in [0.1, 0.15) is 99.1 Å². The van der Waals surface area contributed by atoms with Crippen molar-refractivity contribution >= 4 is 43.9 Å². The Labute approximate surface area is 448 Å². The fourth-order valence-corrected chi connectivity index (χ4v) is 11.9. The zero-order valence-corrected chi connectivity index (χ0v) is 44.9. The molecule has 78 heavy (non-hydrogen) atoms. The molecule has 2 fully saturated rings. The molecule has 0 radical (unpaired) electrons. The van der Waals surface area contributed by atoms with Crippen LogP contribution >= 0.6 is 0 Å². The van der Waals surface area contributed by atoms with Crippen molar-refractivity contribution in [3.63, 3.8) is 0 Å². The molecule has 4 aromatic carbocycles. The van der Waals surface area contributed by atoms with Crippen molar-refractivity contribution in [3.8, 4) is 22.5 Å². The molecule has 2 aliphatic rings. The highest BCUT2D eigenvalue weighted by atomic mass is 19.2. The number of halogens is 4. The topological polar surface area (TPSA) is 156 Å². The summed E-state index contributed by atoms with van der Waals surface area (Å²) in [7, 11) is 3.66. The maximum absolute atomic E-state index is 15.6. The number of hydrogen-bond acceptors (Lipinski definition) is 10. The second-order valence-corrected chi connectivity index (χ2v) is 21.9. The van der Waals surface area contributed by atoms with Gasteiger partial charge in [-0.15, -0.1) is 10.2 Å². The molecule has 14 nitrogen and oxygen atoms in total. The third-order valence-electron chi connectivity index (χ3n) is 15.8. The lowest BCUT2D eigenvalue weighted by atomic mass is 9.86. The van der Waals surface area contributed by atoms with E-state index in [2.05, 4.69) is 29.8 Å². The number of fused-ring (bicyclic) bond motifs is 6. The normalized spacial score (nSPS) is 15.9. The van der Waals surface area contributed by atoms with Crippen molar-refractivity contribution in [2.45, 2.75) is 90.5 Å². The first-order valence-corrected chi connectivity index (χ1v) is 26.4. The fourth-order valence-electron chi connectivity index (χ4n) is 11.9. The first-order valence-electron chi connectivity index (χ1n) is 26.4. The van der Waals surface area contributed by atoms with Gasteiger partial charge in [0.05, 0.1) is 79.2 Å². The van der Waals surface area contributed by atoms with E-state index in [0.717, 1.165) is 101 Å². The average Bonchev–Trinajstić information content (AvgIpc) is 4.35. The number of rotatable bonds is 10. The summed E-state index contributed by atoms with van der Waals surface area (Å²) in [6, 6.07) is 23.3. The van der Waals surface area contributed by atoms with E-state index < -0.39 is 46.6 Å². The maximum atomic E-state index is 15.6. The Kier molecular flexibility index (Phi) is 13.8. The van der Waals surface area contributed by atoms with Gasteiger partial charge in [0.15, 0.2) is 23.3 Å². The Morgan fingerprint density at radius 3 is 1.27 bits per heavy atom. The number of ether oxygens (including phenoxy) is 2. The minimum atomic E-state index is -1.09. The SMILES string of the molecule is Cc1nnn(C)c1-c1cnc2c3ccc(C(C)(C)O)cc3n(C(c3cccc(F)c3F)C3CCOCC3)c2c1.Cc1nnn(C)c1-c1cnc2c3ccc(C(C)(C)O)cc3n(C(c3cccc(F)c3F)C3CCOCC3)c2c1. The van der Waals surface area contributed by atoms with Crippen LogP contribution in [-0.2, 0) is 34.8 Å². The molecule has 2 atom stereocenters. The van der Waals surface area contributed by atoms with E-state index in [4.69, 9.17) is 19.4 Å². The molecule has 2 unspecified atom stereocenters.